The van der Waals surface area contributed by atoms with Crippen molar-refractivity contribution in [1.82, 2.24) is 4.98 Å². The molecule has 0 spiro atoms. The van der Waals surface area contributed by atoms with Gasteiger partial charge < -0.3 is 22.1 Å². The number of aliphatic hydroxyl groups is 1. The molecule has 1 aromatic carbocycles. The minimum absolute atomic E-state index is 0. The van der Waals surface area contributed by atoms with Gasteiger partial charge >= 0.3 is 5.95 Å². The molecule has 1 unspecified atom stereocenters. The van der Waals surface area contributed by atoms with Gasteiger partial charge in [-0.25, -0.2) is 9.47 Å². The number of unbranched alkanes of at least 4 members (excludes halogenated alkanes) is 8. The van der Waals surface area contributed by atoms with Crippen LogP contribution in [0.5, 0.6) is 0 Å². The highest BCUT2D eigenvalue weighted by Gasteiger charge is 2.51. The standard InChI is InChI=1S/C23H33ClN3O.BrH/c1-2-3-4-5-6-7-8-9-10-18-27-22-25-16-11-17-26(22)19-23(27,28)20-12-14-21(24)15-13-20;/h11-17,28H,2-10,18-19H2,1H3;1H/q+1;/p-1. The van der Waals surface area contributed by atoms with Crippen LogP contribution < -0.4 is 26.4 Å². The summed E-state index contributed by atoms with van der Waals surface area (Å²) < 4.78 is 2.03. The van der Waals surface area contributed by atoms with Crippen molar-refractivity contribution < 1.29 is 26.7 Å². The molecule has 0 aliphatic carbocycles. The van der Waals surface area contributed by atoms with E-state index in [-0.39, 0.29) is 17.0 Å². The first-order valence-electron chi connectivity index (χ1n) is 10.8. The molecule has 0 radical (unpaired) electrons. The van der Waals surface area contributed by atoms with Gasteiger partial charge in [-0.05, 0) is 18.6 Å². The highest BCUT2D eigenvalue weighted by Crippen LogP contribution is 2.34. The predicted molar refractivity (Wildman–Crippen MR) is 114 cm³/mol. The van der Waals surface area contributed by atoms with E-state index in [1.165, 1.54) is 51.4 Å². The van der Waals surface area contributed by atoms with Crippen molar-refractivity contribution in [2.75, 3.05) is 11.4 Å². The third-order valence-corrected chi connectivity index (χ3v) is 5.92. The molecule has 0 saturated heterocycles. The van der Waals surface area contributed by atoms with Crippen LogP contribution in [0, 0.1) is 0 Å². The summed E-state index contributed by atoms with van der Waals surface area (Å²) in [6.45, 7) is 3.54. The van der Waals surface area contributed by atoms with Crippen LogP contribution in [0.15, 0.2) is 42.7 Å². The van der Waals surface area contributed by atoms with Gasteiger partial charge in [0.15, 0.2) is 0 Å². The van der Waals surface area contributed by atoms with E-state index in [0.29, 0.717) is 11.6 Å². The van der Waals surface area contributed by atoms with Crippen LogP contribution in [0.4, 0.5) is 5.95 Å². The van der Waals surface area contributed by atoms with Crippen LogP contribution in [0.2, 0.25) is 5.02 Å². The summed E-state index contributed by atoms with van der Waals surface area (Å²) in [5.74, 6) is 0.833. The highest BCUT2D eigenvalue weighted by atomic mass is 79.9. The van der Waals surface area contributed by atoms with Crippen LogP contribution in [0.3, 0.4) is 0 Å². The first-order valence-corrected chi connectivity index (χ1v) is 11.1. The van der Waals surface area contributed by atoms with Crippen LogP contribution in [-0.2, 0) is 12.3 Å². The Kier molecular flexibility index (Phi) is 9.87. The second kappa shape index (κ2) is 11.9. The van der Waals surface area contributed by atoms with Gasteiger partial charge in [0.25, 0.3) is 0 Å². The van der Waals surface area contributed by atoms with Crippen molar-refractivity contribution >= 4 is 17.5 Å². The van der Waals surface area contributed by atoms with Gasteiger partial charge in [0.05, 0.1) is 12.7 Å². The quantitative estimate of drug-likeness (QED) is 0.394. The van der Waals surface area contributed by atoms with Gasteiger partial charge in [-0.3, -0.25) is 0 Å². The Morgan fingerprint density at radius 1 is 1.03 bits per heavy atom. The number of nitrogens with zero attached hydrogens (tertiary/aromatic N) is 3. The van der Waals surface area contributed by atoms with Crippen molar-refractivity contribution in [2.24, 2.45) is 0 Å². The Labute approximate surface area is 190 Å². The Balaban J connectivity index is 0.00000300. The second-order valence-corrected chi connectivity index (χ2v) is 8.29. The molecule has 1 N–H and O–H groups in total. The lowest BCUT2D eigenvalue weighted by Gasteiger charge is -2.28. The number of rotatable bonds is 11. The minimum atomic E-state index is -1.08. The molecule has 160 valence electrons. The Bertz CT molecular complexity index is 743. The summed E-state index contributed by atoms with van der Waals surface area (Å²) in [7, 11) is 0. The van der Waals surface area contributed by atoms with Crippen molar-refractivity contribution in [2.45, 2.75) is 77.0 Å². The molecule has 3 rings (SSSR count). The predicted octanol–water partition coefficient (Wildman–Crippen LogP) is 2.22. The smallest absolute Gasteiger partial charge is 0.396 e. The molecule has 29 heavy (non-hydrogen) atoms. The Morgan fingerprint density at radius 2 is 1.66 bits per heavy atom. The van der Waals surface area contributed by atoms with E-state index < -0.39 is 5.72 Å². The number of anilines is 1. The third-order valence-electron chi connectivity index (χ3n) is 5.67. The number of aromatic nitrogens is 2. The minimum Gasteiger partial charge on any atom is -1.00 e. The largest absolute Gasteiger partial charge is 1.00 e. The van der Waals surface area contributed by atoms with Gasteiger partial charge in [0.1, 0.15) is 12.7 Å². The van der Waals surface area contributed by atoms with Gasteiger partial charge in [-0.2, -0.15) is 0 Å². The molecule has 1 aliphatic heterocycles. The van der Waals surface area contributed by atoms with E-state index >= 15 is 0 Å². The van der Waals surface area contributed by atoms with Gasteiger partial charge in [-0.15, -0.1) is 0 Å². The fourth-order valence-corrected chi connectivity index (χ4v) is 4.18. The van der Waals surface area contributed by atoms with E-state index in [2.05, 4.69) is 16.8 Å². The average molecular weight is 483 g/mol. The summed E-state index contributed by atoms with van der Waals surface area (Å²) in [5, 5.41) is 12.3. The number of benzene rings is 1. The van der Waals surface area contributed by atoms with Gasteiger partial charge in [-0.1, -0.05) is 87.0 Å². The van der Waals surface area contributed by atoms with E-state index in [4.69, 9.17) is 11.6 Å². The van der Waals surface area contributed by atoms with Crippen LogP contribution in [0.25, 0.3) is 0 Å². The maximum absolute atomic E-state index is 11.6. The summed E-state index contributed by atoms with van der Waals surface area (Å²) in [6.07, 6.45) is 15.4. The first-order chi connectivity index (χ1) is 13.6. The second-order valence-electron chi connectivity index (χ2n) is 7.85. The summed E-state index contributed by atoms with van der Waals surface area (Å²) in [5.41, 5.74) is -0.218. The Morgan fingerprint density at radius 3 is 2.31 bits per heavy atom. The van der Waals surface area contributed by atoms with Crippen molar-refractivity contribution in [1.29, 1.82) is 0 Å². The lowest BCUT2D eigenvalue weighted by molar-refractivity contribution is -0.685. The van der Waals surface area contributed by atoms with E-state index in [1.807, 2.05) is 41.1 Å². The molecular weight excluding hydrogens is 450 g/mol. The van der Waals surface area contributed by atoms with Crippen LogP contribution >= 0.6 is 11.6 Å². The molecule has 0 bridgehead atoms. The Hall–Kier alpha value is -1.17. The van der Waals surface area contributed by atoms with E-state index in [1.54, 1.807) is 6.20 Å². The van der Waals surface area contributed by atoms with Crippen LogP contribution in [0.1, 0.15) is 70.3 Å². The molecular formula is C23H33BrClN3O. The van der Waals surface area contributed by atoms with Crippen molar-refractivity contribution in [3.63, 3.8) is 0 Å². The monoisotopic (exact) mass is 481 g/mol. The lowest BCUT2D eigenvalue weighted by atomic mass is 10.0. The molecule has 6 heteroatoms. The summed E-state index contributed by atoms with van der Waals surface area (Å²) >= 11 is 6.05. The molecule has 2 heterocycles. The first kappa shape index (κ1) is 24.1. The zero-order valence-electron chi connectivity index (χ0n) is 17.4. The fraction of sp³-hybridized carbons (Fsp3) is 0.565. The molecule has 0 fully saturated rings. The summed E-state index contributed by atoms with van der Waals surface area (Å²) in [6, 6.07) is 9.42. The molecule has 1 aromatic heterocycles. The zero-order chi connectivity index (χ0) is 19.8. The fourth-order valence-electron chi connectivity index (χ4n) is 4.06. The third kappa shape index (κ3) is 6.16. The highest BCUT2D eigenvalue weighted by molar-refractivity contribution is 6.30. The number of fused-ring (bicyclic) bond motifs is 1. The topological polar surface area (TPSA) is 40.2 Å². The average Bonchev–Trinajstić information content (AvgIpc) is 3.00. The van der Waals surface area contributed by atoms with Crippen LogP contribution in [-0.4, -0.2) is 16.6 Å². The zero-order valence-corrected chi connectivity index (χ0v) is 19.7. The van der Waals surface area contributed by atoms with Gasteiger partial charge in [0.2, 0.25) is 5.72 Å². The normalized spacial score (nSPS) is 17.8. The van der Waals surface area contributed by atoms with E-state index in [0.717, 1.165) is 24.5 Å². The lowest BCUT2D eigenvalue weighted by Crippen LogP contribution is -3.00. The molecule has 0 amide bonds. The number of halogens is 2. The van der Waals surface area contributed by atoms with Gasteiger partial charge in [0, 0.05) is 16.7 Å². The molecule has 4 nitrogen and oxygen atoms in total. The van der Waals surface area contributed by atoms with Crippen molar-refractivity contribution in [3.8, 4) is 0 Å². The number of hydrogen-bond acceptors (Lipinski definition) is 3. The SMILES string of the molecule is CCCCCCCCCCCN1c2nccc[n+]2CC1(O)c1ccc(Cl)cc1.[Br-]. The molecule has 2 aromatic rings. The summed E-state index contributed by atoms with van der Waals surface area (Å²) in [4.78, 5) is 6.59. The molecule has 0 saturated carbocycles. The molecule has 1 atom stereocenters. The number of hydrogen-bond donors (Lipinski definition) is 1. The van der Waals surface area contributed by atoms with Crippen molar-refractivity contribution in [3.05, 3.63) is 53.3 Å². The molecule has 1 aliphatic rings. The van der Waals surface area contributed by atoms with E-state index in [9.17, 15) is 5.11 Å². The maximum atomic E-state index is 11.6. The maximum Gasteiger partial charge on any atom is 0.396 e.